The molecule has 0 N–H and O–H groups in total. The SMILES string of the molecule is O=C(CN(C(=O)c1cccs1)C1CC1)N1CCN(c2ccc(-c3ccccc3Cl)nn2)CC1. The van der Waals surface area contributed by atoms with Crippen molar-refractivity contribution in [1.29, 1.82) is 0 Å². The van der Waals surface area contributed by atoms with Crippen LogP contribution in [0.15, 0.2) is 53.9 Å². The molecular formula is C24H24ClN5O2S. The van der Waals surface area contributed by atoms with Gasteiger partial charge in [0.2, 0.25) is 5.91 Å². The molecule has 7 nitrogen and oxygen atoms in total. The Kier molecular flexibility index (Phi) is 6.28. The van der Waals surface area contributed by atoms with Crippen molar-refractivity contribution in [1.82, 2.24) is 20.0 Å². The summed E-state index contributed by atoms with van der Waals surface area (Å²) in [5.74, 6) is 0.755. The number of thiophene rings is 1. The van der Waals surface area contributed by atoms with Crippen molar-refractivity contribution in [3.05, 3.63) is 63.8 Å². The number of halogens is 1. The Morgan fingerprint density at radius 1 is 1.00 bits per heavy atom. The lowest BCUT2D eigenvalue weighted by Gasteiger charge is -2.36. The third-order valence-electron chi connectivity index (χ3n) is 6.04. The molecule has 0 radical (unpaired) electrons. The second-order valence-electron chi connectivity index (χ2n) is 8.27. The fraction of sp³-hybridized carbons (Fsp3) is 0.333. The van der Waals surface area contributed by atoms with E-state index in [1.54, 1.807) is 4.90 Å². The minimum atomic E-state index is -0.0339. The Bertz CT molecular complexity index is 1130. The molecular weight excluding hydrogens is 458 g/mol. The summed E-state index contributed by atoms with van der Waals surface area (Å²) in [6, 6.07) is 15.3. The number of rotatable bonds is 6. The fourth-order valence-corrected chi connectivity index (χ4v) is 4.94. The van der Waals surface area contributed by atoms with Crippen LogP contribution in [0.4, 0.5) is 5.82 Å². The Morgan fingerprint density at radius 2 is 1.79 bits per heavy atom. The summed E-state index contributed by atoms with van der Waals surface area (Å²) in [6.07, 6.45) is 1.95. The molecule has 2 aromatic heterocycles. The molecule has 33 heavy (non-hydrogen) atoms. The molecule has 1 saturated carbocycles. The van der Waals surface area contributed by atoms with Gasteiger partial charge in [0.05, 0.1) is 15.6 Å². The standard InChI is InChI=1S/C24H24ClN5O2S/c25-19-5-2-1-4-18(19)20-9-10-22(27-26-20)28-11-13-29(14-12-28)23(31)16-30(17-7-8-17)24(32)21-6-3-15-33-21/h1-6,9-10,15,17H,7-8,11-14,16H2. The van der Waals surface area contributed by atoms with Gasteiger partial charge in [0, 0.05) is 37.8 Å². The first-order valence-corrected chi connectivity index (χ1v) is 12.3. The molecule has 9 heteroatoms. The van der Waals surface area contributed by atoms with Crippen LogP contribution in [0.1, 0.15) is 22.5 Å². The zero-order valence-corrected chi connectivity index (χ0v) is 19.6. The second kappa shape index (κ2) is 9.49. The number of carbonyl (C=O) groups is 2. The molecule has 0 atom stereocenters. The van der Waals surface area contributed by atoms with Crippen molar-refractivity contribution in [3.8, 4) is 11.3 Å². The van der Waals surface area contributed by atoms with Crippen molar-refractivity contribution in [3.63, 3.8) is 0 Å². The van der Waals surface area contributed by atoms with Crippen molar-refractivity contribution in [2.24, 2.45) is 0 Å². The number of anilines is 1. The zero-order valence-electron chi connectivity index (χ0n) is 18.1. The lowest BCUT2D eigenvalue weighted by atomic mass is 10.1. The lowest BCUT2D eigenvalue weighted by molar-refractivity contribution is -0.132. The molecule has 2 amide bonds. The number of aromatic nitrogens is 2. The number of nitrogens with zero attached hydrogens (tertiary/aromatic N) is 5. The molecule has 1 saturated heterocycles. The summed E-state index contributed by atoms with van der Waals surface area (Å²) in [6.45, 7) is 2.69. The predicted octanol–water partition coefficient (Wildman–Crippen LogP) is 3.81. The third-order valence-corrected chi connectivity index (χ3v) is 7.23. The van der Waals surface area contributed by atoms with Crippen LogP contribution in [0.3, 0.4) is 0 Å². The van der Waals surface area contributed by atoms with E-state index < -0.39 is 0 Å². The van der Waals surface area contributed by atoms with Crippen molar-refractivity contribution >= 4 is 40.6 Å². The summed E-state index contributed by atoms with van der Waals surface area (Å²) < 4.78 is 0. The normalized spacial score (nSPS) is 16.0. The molecule has 1 aliphatic carbocycles. The molecule has 1 aromatic carbocycles. The minimum Gasteiger partial charge on any atom is -0.352 e. The van der Waals surface area contributed by atoms with E-state index in [4.69, 9.17) is 11.6 Å². The van der Waals surface area contributed by atoms with Gasteiger partial charge in [-0.3, -0.25) is 9.59 Å². The van der Waals surface area contributed by atoms with Crippen LogP contribution in [0.25, 0.3) is 11.3 Å². The monoisotopic (exact) mass is 481 g/mol. The predicted molar refractivity (Wildman–Crippen MR) is 130 cm³/mol. The Labute approximate surface area is 201 Å². The Morgan fingerprint density at radius 3 is 2.42 bits per heavy atom. The maximum absolute atomic E-state index is 13.0. The smallest absolute Gasteiger partial charge is 0.264 e. The van der Waals surface area contributed by atoms with Crippen LogP contribution in [-0.4, -0.2) is 70.6 Å². The second-order valence-corrected chi connectivity index (χ2v) is 9.62. The highest BCUT2D eigenvalue weighted by atomic mass is 35.5. The molecule has 5 rings (SSSR count). The lowest BCUT2D eigenvalue weighted by Crippen LogP contribution is -2.52. The largest absolute Gasteiger partial charge is 0.352 e. The molecule has 170 valence electrons. The van der Waals surface area contributed by atoms with Crippen molar-refractivity contribution in [2.45, 2.75) is 18.9 Å². The first-order valence-electron chi connectivity index (χ1n) is 11.1. The summed E-state index contributed by atoms with van der Waals surface area (Å²) in [5.41, 5.74) is 1.58. The van der Waals surface area contributed by atoms with E-state index in [9.17, 15) is 9.59 Å². The van der Waals surface area contributed by atoms with E-state index in [1.165, 1.54) is 11.3 Å². The first-order chi connectivity index (χ1) is 16.1. The van der Waals surface area contributed by atoms with Gasteiger partial charge in [-0.2, -0.15) is 0 Å². The average molecular weight is 482 g/mol. The molecule has 2 aliphatic rings. The number of amides is 2. The van der Waals surface area contributed by atoms with E-state index in [1.807, 2.05) is 58.8 Å². The maximum Gasteiger partial charge on any atom is 0.264 e. The quantitative estimate of drug-likeness (QED) is 0.535. The van der Waals surface area contributed by atoms with Crippen LogP contribution in [0.2, 0.25) is 5.02 Å². The van der Waals surface area contributed by atoms with Gasteiger partial charge in [0.1, 0.15) is 6.54 Å². The molecule has 0 spiro atoms. The summed E-state index contributed by atoms with van der Waals surface area (Å²) in [5, 5.41) is 11.3. The van der Waals surface area contributed by atoms with E-state index in [0.29, 0.717) is 36.1 Å². The number of carbonyl (C=O) groups excluding carboxylic acids is 2. The van der Waals surface area contributed by atoms with Gasteiger partial charge in [0.25, 0.3) is 5.91 Å². The highest BCUT2D eigenvalue weighted by Crippen LogP contribution is 2.29. The highest BCUT2D eigenvalue weighted by Gasteiger charge is 2.36. The van der Waals surface area contributed by atoms with Gasteiger partial charge in [-0.15, -0.1) is 21.5 Å². The zero-order chi connectivity index (χ0) is 22.8. The van der Waals surface area contributed by atoms with E-state index in [0.717, 1.165) is 29.9 Å². The summed E-state index contributed by atoms with van der Waals surface area (Å²) >= 11 is 7.68. The van der Waals surface area contributed by atoms with Crippen molar-refractivity contribution in [2.75, 3.05) is 37.6 Å². The molecule has 0 unspecified atom stereocenters. The number of hydrogen-bond acceptors (Lipinski definition) is 6. The van der Waals surface area contributed by atoms with Crippen LogP contribution in [0.5, 0.6) is 0 Å². The molecule has 3 aromatic rings. The van der Waals surface area contributed by atoms with Crippen molar-refractivity contribution < 1.29 is 9.59 Å². The molecule has 1 aliphatic heterocycles. The van der Waals surface area contributed by atoms with Gasteiger partial charge in [0.15, 0.2) is 5.82 Å². The Hall–Kier alpha value is -2.97. The number of hydrogen-bond donors (Lipinski definition) is 0. The number of piperazine rings is 1. The van der Waals surface area contributed by atoms with Gasteiger partial charge in [-0.25, -0.2) is 0 Å². The van der Waals surface area contributed by atoms with E-state index in [2.05, 4.69) is 15.1 Å². The summed E-state index contributed by atoms with van der Waals surface area (Å²) in [7, 11) is 0. The van der Waals surface area contributed by atoms with Crippen LogP contribution >= 0.6 is 22.9 Å². The molecule has 2 fully saturated rings. The first kappa shape index (κ1) is 21.9. The van der Waals surface area contributed by atoms with Gasteiger partial charge in [-0.1, -0.05) is 35.9 Å². The van der Waals surface area contributed by atoms with E-state index >= 15 is 0 Å². The fourth-order valence-electron chi connectivity index (χ4n) is 4.03. The summed E-state index contributed by atoms with van der Waals surface area (Å²) in [4.78, 5) is 32.2. The molecule has 0 bridgehead atoms. The number of benzene rings is 1. The van der Waals surface area contributed by atoms with Crippen LogP contribution < -0.4 is 4.90 Å². The van der Waals surface area contributed by atoms with Crippen LogP contribution in [-0.2, 0) is 4.79 Å². The maximum atomic E-state index is 13.0. The molecule has 3 heterocycles. The van der Waals surface area contributed by atoms with Gasteiger partial charge < -0.3 is 14.7 Å². The topological polar surface area (TPSA) is 69.6 Å². The minimum absolute atomic E-state index is 0.00612. The highest BCUT2D eigenvalue weighted by molar-refractivity contribution is 7.12. The van der Waals surface area contributed by atoms with Crippen LogP contribution in [0, 0.1) is 0 Å². The van der Waals surface area contributed by atoms with Gasteiger partial charge in [-0.05, 0) is 42.5 Å². The van der Waals surface area contributed by atoms with E-state index in [-0.39, 0.29) is 24.4 Å². The third kappa shape index (κ3) is 4.86. The average Bonchev–Trinajstić information content (AvgIpc) is 3.55. The Balaban J connectivity index is 1.18. The van der Waals surface area contributed by atoms with Gasteiger partial charge >= 0.3 is 0 Å².